The molecule has 3 nitrogen and oxygen atoms in total. The molecular formula is C10H17NO2S2. The molecule has 0 bridgehead atoms. The molecule has 0 fully saturated rings. The first-order valence-electron chi connectivity index (χ1n) is 4.87. The third-order valence-electron chi connectivity index (χ3n) is 2.29. The third kappa shape index (κ3) is 3.29. The molecule has 0 radical (unpaired) electrons. The highest BCUT2D eigenvalue weighted by molar-refractivity contribution is 7.90. The first-order valence-corrected chi connectivity index (χ1v) is 7.23. The molecule has 0 aromatic carbocycles. The number of aryl methyl sites for hydroxylation is 2. The smallest absolute Gasteiger partial charge is 0.212 e. The van der Waals surface area contributed by atoms with E-state index in [1.54, 1.807) is 25.2 Å². The molecule has 0 saturated carbocycles. The molecule has 0 aliphatic rings. The Morgan fingerprint density at radius 1 is 1.40 bits per heavy atom. The lowest BCUT2D eigenvalue weighted by atomic mass is 10.3. The van der Waals surface area contributed by atoms with Gasteiger partial charge in [0.1, 0.15) is 0 Å². The van der Waals surface area contributed by atoms with Crippen LogP contribution < -0.4 is 4.72 Å². The Labute approximate surface area is 95.6 Å². The van der Waals surface area contributed by atoms with Crippen LogP contribution in [-0.4, -0.2) is 13.7 Å². The maximum absolute atomic E-state index is 11.5. The van der Waals surface area contributed by atoms with E-state index in [4.69, 9.17) is 0 Å². The van der Waals surface area contributed by atoms with Crippen molar-refractivity contribution in [1.29, 1.82) is 0 Å². The van der Waals surface area contributed by atoms with Crippen LogP contribution in [-0.2, 0) is 16.6 Å². The fraction of sp³-hybridized carbons (Fsp3) is 0.600. The van der Waals surface area contributed by atoms with Crippen molar-refractivity contribution in [3.8, 4) is 0 Å². The number of sulfonamides is 1. The van der Waals surface area contributed by atoms with Crippen LogP contribution in [0.3, 0.4) is 0 Å². The van der Waals surface area contributed by atoms with Crippen LogP contribution in [0.2, 0.25) is 0 Å². The highest BCUT2D eigenvalue weighted by atomic mass is 32.2. The molecule has 1 N–H and O–H groups in total. The van der Waals surface area contributed by atoms with Crippen molar-refractivity contribution in [2.45, 2.75) is 39.5 Å². The summed E-state index contributed by atoms with van der Waals surface area (Å²) >= 11 is 1.64. The van der Waals surface area contributed by atoms with Gasteiger partial charge in [0.05, 0.1) is 5.25 Å². The number of nitrogens with one attached hydrogen (secondary N) is 1. The second-order valence-electron chi connectivity index (χ2n) is 3.87. The summed E-state index contributed by atoms with van der Waals surface area (Å²) in [5.74, 6) is 0. The van der Waals surface area contributed by atoms with Gasteiger partial charge in [-0.1, -0.05) is 0 Å². The molecule has 0 aliphatic carbocycles. The fourth-order valence-corrected chi connectivity index (χ4v) is 2.85. The van der Waals surface area contributed by atoms with Gasteiger partial charge in [0.15, 0.2) is 0 Å². The van der Waals surface area contributed by atoms with Crippen molar-refractivity contribution >= 4 is 21.4 Å². The van der Waals surface area contributed by atoms with Crippen LogP contribution in [0.25, 0.3) is 0 Å². The van der Waals surface area contributed by atoms with Gasteiger partial charge >= 0.3 is 0 Å². The van der Waals surface area contributed by atoms with E-state index in [2.05, 4.69) is 4.72 Å². The Morgan fingerprint density at radius 3 is 2.40 bits per heavy atom. The van der Waals surface area contributed by atoms with Crippen LogP contribution in [0.1, 0.15) is 29.2 Å². The lowest BCUT2D eigenvalue weighted by Gasteiger charge is -2.07. The Bertz CT molecular complexity index is 413. The largest absolute Gasteiger partial charge is 0.214 e. The average Bonchev–Trinajstić information content (AvgIpc) is 2.43. The molecule has 0 spiro atoms. The maximum atomic E-state index is 11.5. The lowest BCUT2D eigenvalue weighted by Crippen LogP contribution is -2.29. The summed E-state index contributed by atoms with van der Waals surface area (Å²) < 4.78 is 25.6. The van der Waals surface area contributed by atoms with Gasteiger partial charge in [-0.15, -0.1) is 11.3 Å². The predicted molar refractivity (Wildman–Crippen MR) is 64.7 cm³/mol. The van der Waals surface area contributed by atoms with E-state index < -0.39 is 10.0 Å². The standard InChI is InChI=1S/C10H17NO2S2/c1-7(2)15(12,13)11-6-10-5-8(3)9(4)14-10/h5,7,11H,6H2,1-4H3. The third-order valence-corrected chi connectivity index (χ3v) is 5.23. The molecule has 0 saturated heterocycles. The van der Waals surface area contributed by atoms with Gasteiger partial charge < -0.3 is 0 Å². The molecular weight excluding hydrogens is 230 g/mol. The number of hydrogen-bond acceptors (Lipinski definition) is 3. The van der Waals surface area contributed by atoms with E-state index in [9.17, 15) is 8.42 Å². The van der Waals surface area contributed by atoms with Crippen LogP contribution in [0.15, 0.2) is 6.07 Å². The van der Waals surface area contributed by atoms with Crippen molar-refractivity contribution in [3.63, 3.8) is 0 Å². The molecule has 0 amide bonds. The van der Waals surface area contributed by atoms with E-state index in [1.165, 1.54) is 10.4 Å². The highest BCUT2D eigenvalue weighted by Crippen LogP contribution is 2.20. The minimum Gasteiger partial charge on any atom is -0.212 e. The summed E-state index contributed by atoms with van der Waals surface area (Å²) in [7, 11) is -3.14. The Morgan fingerprint density at radius 2 is 2.00 bits per heavy atom. The number of thiophene rings is 1. The summed E-state index contributed by atoms with van der Waals surface area (Å²) in [6, 6.07) is 2.03. The van der Waals surface area contributed by atoms with E-state index in [-0.39, 0.29) is 5.25 Å². The topological polar surface area (TPSA) is 46.2 Å². The SMILES string of the molecule is Cc1cc(CNS(=O)(=O)C(C)C)sc1C. The zero-order valence-corrected chi connectivity index (χ0v) is 11.1. The van der Waals surface area contributed by atoms with Gasteiger partial charge in [-0.2, -0.15) is 0 Å². The van der Waals surface area contributed by atoms with Crippen molar-refractivity contribution in [3.05, 3.63) is 21.4 Å². The molecule has 86 valence electrons. The number of hydrogen-bond donors (Lipinski definition) is 1. The summed E-state index contributed by atoms with van der Waals surface area (Å²) in [6.45, 7) is 7.83. The van der Waals surface area contributed by atoms with E-state index in [0.29, 0.717) is 6.54 Å². The monoisotopic (exact) mass is 247 g/mol. The molecule has 1 aromatic rings. The average molecular weight is 247 g/mol. The van der Waals surface area contributed by atoms with Crippen LogP contribution in [0, 0.1) is 13.8 Å². The van der Waals surface area contributed by atoms with Gasteiger partial charge in [0.2, 0.25) is 10.0 Å². The molecule has 0 atom stereocenters. The Balaban J connectivity index is 2.66. The van der Waals surface area contributed by atoms with Crippen LogP contribution >= 0.6 is 11.3 Å². The zero-order chi connectivity index (χ0) is 11.6. The van der Waals surface area contributed by atoms with Gasteiger partial charge in [-0.3, -0.25) is 0 Å². The summed E-state index contributed by atoms with van der Waals surface area (Å²) in [5, 5.41) is -0.375. The van der Waals surface area contributed by atoms with Gasteiger partial charge in [0.25, 0.3) is 0 Å². The number of rotatable bonds is 4. The summed E-state index contributed by atoms with van der Waals surface area (Å²) in [4.78, 5) is 2.31. The summed E-state index contributed by atoms with van der Waals surface area (Å²) in [5.41, 5.74) is 1.22. The minimum atomic E-state index is -3.14. The molecule has 0 aliphatic heterocycles. The quantitative estimate of drug-likeness (QED) is 0.886. The van der Waals surface area contributed by atoms with Crippen molar-refractivity contribution in [1.82, 2.24) is 4.72 Å². The molecule has 5 heteroatoms. The normalized spacial score (nSPS) is 12.3. The lowest BCUT2D eigenvalue weighted by molar-refractivity contribution is 0.572. The molecule has 1 rings (SSSR count). The first-order chi connectivity index (χ1) is 6.83. The molecule has 1 heterocycles. The fourth-order valence-electron chi connectivity index (χ4n) is 1.08. The minimum absolute atomic E-state index is 0.375. The van der Waals surface area contributed by atoms with Gasteiger partial charge in [-0.25, -0.2) is 13.1 Å². The summed E-state index contributed by atoms with van der Waals surface area (Å²) in [6.07, 6.45) is 0. The predicted octanol–water partition coefficient (Wildman–Crippen LogP) is 2.19. The van der Waals surface area contributed by atoms with Gasteiger partial charge in [0, 0.05) is 16.3 Å². The highest BCUT2D eigenvalue weighted by Gasteiger charge is 2.15. The maximum Gasteiger partial charge on any atom is 0.214 e. The van der Waals surface area contributed by atoms with Crippen molar-refractivity contribution in [2.24, 2.45) is 0 Å². The van der Waals surface area contributed by atoms with E-state index in [0.717, 1.165) is 4.88 Å². The molecule has 15 heavy (non-hydrogen) atoms. The zero-order valence-electron chi connectivity index (χ0n) is 9.49. The first kappa shape index (κ1) is 12.7. The van der Waals surface area contributed by atoms with Crippen LogP contribution in [0.5, 0.6) is 0 Å². The second-order valence-corrected chi connectivity index (χ2v) is 7.53. The van der Waals surface area contributed by atoms with E-state index >= 15 is 0 Å². The van der Waals surface area contributed by atoms with E-state index in [1.807, 2.05) is 19.9 Å². The molecule has 1 aromatic heterocycles. The van der Waals surface area contributed by atoms with Crippen molar-refractivity contribution in [2.75, 3.05) is 0 Å². The second kappa shape index (κ2) is 4.63. The van der Waals surface area contributed by atoms with Gasteiger partial charge in [-0.05, 0) is 39.3 Å². The van der Waals surface area contributed by atoms with Crippen LogP contribution in [0.4, 0.5) is 0 Å². The Hall–Kier alpha value is -0.390. The molecule has 0 unspecified atom stereocenters. The Kier molecular flexibility index (Phi) is 3.92. The van der Waals surface area contributed by atoms with Crippen molar-refractivity contribution < 1.29 is 8.42 Å².